The Hall–Kier alpha value is -2.91. The second-order valence-electron chi connectivity index (χ2n) is 6.30. The number of primary sulfonamides is 1. The summed E-state index contributed by atoms with van der Waals surface area (Å²) in [5.74, 6) is -0.663. The first-order valence-corrected chi connectivity index (χ1v) is 10.0. The first-order chi connectivity index (χ1) is 13.1. The Labute approximate surface area is 163 Å². The molecule has 0 spiro atoms. The van der Waals surface area contributed by atoms with Crippen LogP contribution in [-0.2, 0) is 19.6 Å². The highest BCUT2D eigenvalue weighted by molar-refractivity contribution is 7.89. The van der Waals surface area contributed by atoms with Crippen LogP contribution in [0.25, 0.3) is 0 Å². The van der Waals surface area contributed by atoms with Crippen molar-refractivity contribution in [3.05, 3.63) is 54.1 Å². The number of esters is 1. The third kappa shape index (κ3) is 6.07. The third-order valence-corrected chi connectivity index (χ3v) is 4.46. The molecule has 2 aromatic rings. The number of sulfonamides is 1. The van der Waals surface area contributed by atoms with Gasteiger partial charge in [-0.2, -0.15) is 0 Å². The molecule has 0 aromatic heterocycles. The molecule has 0 fully saturated rings. The van der Waals surface area contributed by atoms with Gasteiger partial charge in [-0.15, -0.1) is 0 Å². The topological polar surface area (TPSA) is 125 Å². The van der Waals surface area contributed by atoms with E-state index >= 15 is 0 Å². The monoisotopic (exact) mass is 406 g/mol. The number of hydrogen-bond acceptors (Lipinski definition) is 6. The summed E-state index contributed by atoms with van der Waals surface area (Å²) in [4.78, 5) is 24.3. The van der Waals surface area contributed by atoms with Crippen LogP contribution in [0.5, 0.6) is 5.75 Å². The van der Waals surface area contributed by atoms with Crippen molar-refractivity contribution >= 4 is 27.6 Å². The van der Waals surface area contributed by atoms with Crippen LogP contribution < -0.4 is 15.2 Å². The summed E-state index contributed by atoms with van der Waals surface area (Å²) >= 11 is 0. The minimum atomic E-state index is -3.89. The van der Waals surface area contributed by atoms with E-state index in [1.807, 2.05) is 13.8 Å². The molecule has 0 bridgehead atoms. The smallest absolute Gasteiger partial charge is 0.338 e. The Balaban J connectivity index is 1.99. The van der Waals surface area contributed by atoms with Gasteiger partial charge in [0.05, 0.1) is 16.6 Å². The highest BCUT2D eigenvalue weighted by atomic mass is 32.2. The lowest BCUT2D eigenvalue weighted by Gasteiger charge is -2.14. The fourth-order valence-corrected chi connectivity index (χ4v) is 2.78. The van der Waals surface area contributed by atoms with E-state index in [4.69, 9.17) is 14.6 Å². The number of rotatable bonds is 7. The molecule has 0 heterocycles. The molecule has 2 aromatic carbocycles. The SMILES string of the molecule is CC(C)Oc1ccc(C(=O)OC(C)C(=O)Nc2cccc(S(N)(=O)=O)c2)cc1. The van der Waals surface area contributed by atoms with E-state index in [0.717, 1.165) is 0 Å². The molecule has 8 nitrogen and oxygen atoms in total. The van der Waals surface area contributed by atoms with Crippen molar-refractivity contribution in [2.75, 3.05) is 5.32 Å². The molecule has 2 rings (SSSR count). The van der Waals surface area contributed by atoms with Crippen LogP contribution in [0.4, 0.5) is 5.69 Å². The van der Waals surface area contributed by atoms with Crippen molar-refractivity contribution in [1.29, 1.82) is 0 Å². The molecule has 1 atom stereocenters. The molecule has 0 saturated heterocycles. The zero-order valence-electron chi connectivity index (χ0n) is 15.7. The van der Waals surface area contributed by atoms with E-state index in [1.54, 1.807) is 24.3 Å². The van der Waals surface area contributed by atoms with Crippen LogP contribution >= 0.6 is 0 Å². The van der Waals surface area contributed by atoms with Crippen molar-refractivity contribution < 1.29 is 27.5 Å². The Morgan fingerprint density at radius 2 is 1.68 bits per heavy atom. The van der Waals surface area contributed by atoms with Gasteiger partial charge in [-0.1, -0.05) is 6.07 Å². The van der Waals surface area contributed by atoms with Gasteiger partial charge in [-0.25, -0.2) is 18.4 Å². The molecule has 28 heavy (non-hydrogen) atoms. The number of anilines is 1. The molecule has 150 valence electrons. The molecular formula is C19H22N2O6S. The molecule has 0 radical (unpaired) electrons. The molecule has 0 aliphatic heterocycles. The summed E-state index contributed by atoms with van der Waals surface area (Å²) in [7, 11) is -3.89. The average molecular weight is 406 g/mol. The lowest BCUT2D eigenvalue weighted by atomic mass is 10.2. The quantitative estimate of drug-likeness (QED) is 0.680. The fourth-order valence-electron chi connectivity index (χ4n) is 2.22. The van der Waals surface area contributed by atoms with Gasteiger partial charge in [-0.05, 0) is 63.2 Å². The predicted molar refractivity (Wildman–Crippen MR) is 104 cm³/mol. The maximum atomic E-state index is 12.2. The second kappa shape index (κ2) is 8.85. The number of nitrogens with one attached hydrogen (secondary N) is 1. The molecule has 0 saturated carbocycles. The number of nitrogens with two attached hydrogens (primary N) is 1. The summed E-state index contributed by atoms with van der Waals surface area (Å²) in [6.45, 7) is 5.19. The molecule has 9 heteroatoms. The zero-order valence-corrected chi connectivity index (χ0v) is 16.5. The van der Waals surface area contributed by atoms with Crippen LogP contribution in [0.3, 0.4) is 0 Å². The van der Waals surface area contributed by atoms with Gasteiger partial charge in [0.2, 0.25) is 10.0 Å². The number of amides is 1. The summed E-state index contributed by atoms with van der Waals surface area (Å²) in [5, 5.41) is 7.55. The van der Waals surface area contributed by atoms with Gasteiger partial charge in [0, 0.05) is 5.69 Å². The predicted octanol–water partition coefficient (Wildman–Crippen LogP) is 2.31. The highest BCUT2D eigenvalue weighted by Gasteiger charge is 2.20. The molecule has 3 N–H and O–H groups in total. The van der Waals surface area contributed by atoms with Gasteiger partial charge < -0.3 is 14.8 Å². The molecule has 1 unspecified atom stereocenters. The number of carbonyl (C=O) groups excluding carboxylic acids is 2. The summed E-state index contributed by atoms with van der Waals surface area (Å²) in [5.41, 5.74) is 0.488. The number of carbonyl (C=O) groups is 2. The van der Waals surface area contributed by atoms with Crippen molar-refractivity contribution in [1.82, 2.24) is 0 Å². The van der Waals surface area contributed by atoms with Crippen LogP contribution in [0.2, 0.25) is 0 Å². The maximum absolute atomic E-state index is 12.2. The van der Waals surface area contributed by atoms with Gasteiger partial charge in [0.1, 0.15) is 5.75 Å². The largest absolute Gasteiger partial charge is 0.491 e. The van der Waals surface area contributed by atoms with E-state index in [2.05, 4.69) is 5.32 Å². The molecule has 0 aliphatic carbocycles. The third-order valence-electron chi connectivity index (χ3n) is 3.54. The lowest BCUT2D eigenvalue weighted by Crippen LogP contribution is -2.30. The van der Waals surface area contributed by atoms with Crippen LogP contribution in [-0.4, -0.2) is 32.5 Å². The summed E-state index contributed by atoms with van der Waals surface area (Å²) in [6.07, 6.45) is -1.09. The molecule has 0 aliphatic rings. The van der Waals surface area contributed by atoms with Crippen molar-refractivity contribution in [2.24, 2.45) is 5.14 Å². The standard InChI is InChI=1S/C19H22N2O6S/c1-12(2)26-16-9-7-14(8-10-16)19(23)27-13(3)18(22)21-15-5-4-6-17(11-15)28(20,24)25/h4-13H,1-3H3,(H,21,22)(H2,20,24,25). The molecule has 1 amide bonds. The zero-order chi connectivity index (χ0) is 20.9. The Morgan fingerprint density at radius 3 is 2.25 bits per heavy atom. The van der Waals surface area contributed by atoms with Gasteiger partial charge in [0.25, 0.3) is 5.91 Å². The normalized spacial score (nSPS) is 12.3. The molecular weight excluding hydrogens is 384 g/mol. The summed E-state index contributed by atoms with van der Waals surface area (Å²) < 4.78 is 33.4. The number of hydrogen-bond donors (Lipinski definition) is 2. The Bertz CT molecular complexity index is 955. The van der Waals surface area contributed by atoms with Crippen molar-refractivity contribution in [3.63, 3.8) is 0 Å². The van der Waals surface area contributed by atoms with Crippen molar-refractivity contribution in [2.45, 2.75) is 37.9 Å². The lowest BCUT2D eigenvalue weighted by molar-refractivity contribution is -0.123. The van der Waals surface area contributed by atoms with E-state index in [9.17, 15) is 18.0 Å². The van der Waals surface area contributed by atoms with Crippen LogP contribution in [0, 0.1) is 0 Å². The van der Waals surface area contributed by atoms with Crippen molar-refractivity contribution in [3.8, 4) is 5.75 Å². The first-order valence-electron chi connectivity index (χ1n) is 8.47. The maximum Gasteiger partial charge on any atom is 0.338 e. The van der Waals surface area contributed by atoms with Gasteiger partial charge >= 0.3 is 5.97 Å². The van der Waals surface area contributed by atoms with E-state index in [-0.39, 0.29) is 22.3 Å². The number of ether oxygens (including phenoxy) is 2. The Kier molecular flexibility index (Phi) is 6.76. The van der Waals surface area contributed by atoms with E-state index in [0.29, 0.717) is 5.75 Å². The minimum absolute atomic E-state index is 0.00859. The summed E-state index contributed by atoms with van der Waals surface area (Å²) in [6, 6.07) is 11.8. The fraction of sp³-hybridized carbons (Fsp3) is 0.263. The minimum Gasteiger partial charge on any atom is -0.491 e. The first kappa shape index (κ1) is 21.4. The second-order valence-corrected chi connectivity index (χ2v) is 7.86. The van der Waals surface area contributed by atoms with E-state index in [1.165, 1.54) is 31.2 Å². The van der Waals surface area contributed by atoms with E-state index < -0.39 is 28.0 Å². The van der Waals surface area contributed by atoms with Crippen LogP contribution in [0.1, 0.15) is 31.1 Å². The van der Waals surface area contributed by atoms with Gasteiger partial charge in [-0.3, -0.25) is 4.79 Å². The number of benzene rings is 2. The van der Waals surface area contributed by atoms with Gasteiger partial charge in [0.15, 0.2) is 6.10 Å². The van der Waals surface area contributed by atoms with Crippen LogP contribution in [0.15, 0.2) is 53.4 Å². The highest BCUT2D eigenvalue weighted by Crippen LogP contribution is 2.17. The average Bonchev–Trinajstić information content (AvgIpc) is 2.61. The Morgan fingerprint density at radius 1 is 1.04 bits per heavy atom.